The molecule has 0 aliphatic heterocycles. The van der Waals surface area contributed by atoms with Gasteiger partial charge in [0, 0.05) is 0 Å². The third kappa shape index (κ3) is 6.06. The van der Waals surface area contributed by atoms with Crippen molar-refractivity contribution in [2.75, 3.05) is 6.61 Å². The molecule has 0 radical (unpaired) electrons. The molecule has 1 saturated carbocycles. The lowest BCUT2D eigenvalue weighted by molar-refractivity contribution is 0.303. The van der Waals surface area contributed by atoms with Gasteiger partial charge in [0.15, 0.2) is 11.6 Å². The first-order valence-electron chi connectivity index (χ1n) is 11.8. The molecule has 3 rings (SSSR count). The number of hydrogen-bond acceptors (Lipinski definition) is 1. The van der Waals surface area contributed by atoms with Crippen LogP contribution in [-0.4, -0.2) is 6.61 Å². The average Bonchev–Trinajstić information content (AvgIpc) is 2.78. The van der Waals surface area contributed by atoms with Crippen molar-refractivity contribution in [1.82, 2.24) is 0 Å². The van der Waals surface area contributed by atoms with Gasteiger partial charge in [-0.1, -0.05) is 62.9 Å². The summed E-state index contributed by atoms with van der Waals surface area (Å²) in [6, 6.07) is 12.0. The van der Waals surface area contributed by atoms with Gasteiger partial charge in [-0.2, -0.15) is 4.39 Å². The summed E-state index contributed by atoms with van der Waals surface area (Å²) in [5, 5.41) is 0. The van der Waals surface area contributed by atoms with Crippen LogP contribution in [0.25, 0.3) is 0 Å². The standard InChI is InChI=1S/C27H36F2O/c1-3-5-6-7-20-8-13-22(14-9-20)23-15-10-21(11-16-23)12-17-24-18-19-25(30-4-2)27(29)26(24)28/h10-11,15-16,18-20,22H,3-9,12-14,17H2,1-2H3/t20-,22-. The van der Waals surface area contributed by atoms with Crippen molar-refractivity contribution in [1.29, 1.82) is 0 Å². The van der Waals surface area contributed by atoms with Crippen LogP contribution >= 0.6 is 0 Å². The fraction of sp³-hybridized carbons (Fsp3) is 0.556. The maximum Gasteiger partial charge on any atom is 0.200 e. The summed E-state index contributed by atoms with van der Waals surface area (Å²) in [5.41, 5.74) is 3.01. The van der Waals surface area contributed by atoms with Crippen LogP contribution in [0.1, 0.15) is 87.8 Å². The Hall–Kier alpha value is -1.90. The molecule has 0 atom stereocenters. The first kappa shape index (κ1) is 22.8. The quantitative estimate of drug-likeness (QED) is 0.358. The van der Waals surface area contributed by atoms with E-state index in [0.29, 0.717) is 30.9 Å². The summed E-state index contributed by atoms with van der Waals surface area (Å²) < 4.78 is 33.4. The molecule has 1 aliphatic carbocycles. The number of benzene rings is 2. The highest BCUT2D eigenvalue weighted by Gasteiger charge is 2.22. The molecule has 30 heavy (non-hydrogen) atoms. The number of ether oxygens (including phenoxy) is 1. The van der Waals surface area contributed by atoms with Crippen molar-refractivity contribution < 1.29 is 13.5 Å². The van der Waals surface area contributed by atoms with Crippen LogP contribution in [0.2, 0.25) is 0 Å². The second kappa shape index (κ2) is 11.5. The van der Waals surface area contributed by atoms with Gasteiger partial charge in [0.05, 0.1) is 6.61 Å². The summed E-state index contributed by atoms with van der Waals surface area (Å²) >= 11 is 0. The van der Waals surface area contributed by atoms with Crippen LogP contribution < -0.4 is 4.74 Å². The molecule has 0 unspecified atom stereocenters. The van der Waals surface area contributed by atoms with Gasteiger partial charge >= 0.3 is 0 Å². The molecule has 0 saturated heterocycles. The summed E-state index contributed by atoms with van der Waals surface area (Å²) in [7, 11) is 0. The Morgan fingerprint density at radius 2 is 1.57 bits per heavy atom. The van der Waals surface area contributed by atoms with Gasteiger partial charge in [0.2, 0.25) is 5.82 Å². The molecule has 3 heteroatoms. The summed E-state index contributed by atoms with van der Waals surface area (Å²) in [6.07, 6.45) is 12.0. The molecule has 1 fully saturated rings. The minimum atomic E-state index is -0.880. The third-order valence-corrected chi connectivity index (χ3v) is 6.62. The van der Waals surface area contributed by atoms with Crippen molar-refractivity contribution in [2.24, 2.45) is 5.92 Å². The lowest BCUT2D eigenvalue weighted by atomic mass is 9.77. The van der Waals surface area contributed by atoms with Crippen molar-refractivity contribution in [3.63, 3.8) is 0 Å². The Labute approximate surface area is 180 Å². The molecule has 1 aliphatic rings. The number of halogens is 2. The fourth-order valence-corrected chi connectivity index (χ4v) is 4.73. The van der Waals surface area contributed by atoms with E-state index < -0.39 is 11.6 Å². The van der Waals surface area contributed by atoms with Gasteiger partial charge in [-0.3, -0.25) is 0 Å². The SMILES string of the molecule is CCCCC[C@H]1CC[C@H](c2ccc(CCc3ccc(OCC)c(F)c3F)cc2)CC1. The Kier molecular flexibility index (Phi) is 8.72. The Morgan fingerprint density at radius 3 is 2.23 bits per heavy atom. The number of hydrogen-bond donors (Lipinski definition) is 0. The minimum Gasteiger partial charge on any atom is -0.491 e. The van der Waals surface area contributed by atoms with Gasteiger partial charge in [0.1, 0.15) is 0 Å². The summed E-state index contributed by atoms with van der Waals surface area (Å²) in [6.45, 7) is 4.35. The van der Waals surface area contributed by atoms with Crippen LogP contribution in [0.15, 0.2) is 36.4 Å². The monoisotopic (exact) mass is 414 g/mol. The van der Waals surface area contributed by atoms with E-state index in [1.54, 1.807) is 13.0 Å². The van der Waals surface area contributed by atoms with E-state index in [1.165, 1.54) is 68.6 Å². The van der Waals surface area contributed by atoms with E-state index in [4.69, 9.17) is 4.74 Å². The highest BCUT2D eigenvalue weighted by Crippen LogP contribution is 2.37. The molecule has 0 spiro atoms. The van der Waals surface area contributed by atoms with Gasteiger partial charge in [0.25, 0.3) is 0 Å². The zero-order valence-electron chi connectivity index (χ0n) is 18.6. The zero-order chi connectivity index (χ0) is 21.3. The largest absolute Gasteiger partial charge is 0.491 e. The van der Waals surface area contributed by atoms with Crippen LogP contribution in [-0.2, 0) is 12.8 Å². The van der Waals surface area contributed by atoms with E-state index in [-0.39, 0.29) is 5.75 Å². The van der Waals surface area contributed by atoms with Gasteiger partial charge in [-0.25, -0.2) is 4.39 Å². The van der Waals surface area contributed by atoms with E-state index in [0.717, 1.165) is 5.92 Å². The van der Waals surface area contributed by atoms with E-state index in [2.05, 4.69) is 31.2 Å². The predicted molar refractivity (Wildman–Crippen MR) is 120 cm³/mol. The van der Waals surface area contributed by atoms with E-state index in [9.17, 15) is 8.78 Å². The summed E-state index contributed by atoms with van der Waals surface area (Å²) in [4.78, 5) is 0. The van der Waals surface area contributed by atoms with Gasteiger partial charge < -0.3 is 4.74 Å². The molecule has 2 aromatic rings. The molecule has 0 bridgehead atoms. The van der Waals surface area contributed by atoms with Crippen LogP contribution in [0, 0.1) is 17.6 Å². The van der Waals surface area contributed by atoms with Crippen molar-refractivity contribution in [3.8, 4) is 5.75 Å². The summed E-state index contributed by atoms with van der Waals surface area (Å²) in [5.74, 6) is -0.0675. The van der Waals surface area contributed by atoms with Crippen LogP contribution in [0.5, 0.6) is 5.75 Å². The lowest BCUT2D eigenvalue weighted by Crippen LogP contribution is -2.13. The van der Waals surface area contributed by atoms with Crippen molar-refractivity contribution in [2.45, 2.75) is 84.0 Å². The molecule has 0 heterocycles. The van der Waals surface area contributed by atoms with Crippen LogP contribution in [0.3, 0.4) is 0 Å². The van der Waals surface area contributed by atoms with Crippen molar-refractivity contribution in [3.05, 3.63) is 64.7 Å². The Bertz CT molecular complexity index is 776. The molecular weight excluding hydrogens is 378 g/mol. The smallest absolute Gasteiger partial charge is 0.200 e. The maximum atomic E-state index is 14.3. The highest BCUT2D eigenvalue weighted by molar-refractivity contribution is 5.32. The molecule has 0 aromatic heterocycles. The molecular formula is C27H36F2O. The first-order valence-corrected chi connectivity index (χ1v) is 11.8. The highest BCUT2D eigenvalue weighted by atomic mass is 19.2. The van der Waals surface area contributed by atoms with Crippen LogP contribution in [0.4, 0.5) is 8.78 Å². The number of rotatable bonds is 10. The van der Waals surface area contributed by atoms with E-state index >= 15 is 0 Å². The molecule has 1 nitrogen and oxygen atoms in total. The number of aryl methyl sites for hydroxylation is 2. The second-order valence-electron chi connectivity index (χ2n) is 8.74. The van der Waals surface area contributed by atoms with Gasteiger partial charge in [-0.05, 0) is 80.0 Å². The first-order chi connectivity index (χ1) is 14.6. The second-order valence-corrected chi connectivity index (χ2v) is 8.74. The third-order valence-electron chi connectivity index (χ3n) is 6.62. The van der Waals surface area contributed by atoms with Gasteiger partial charge in [-0.15, -0.1) is 0 Å². The lowest BCUT2D eigenvalue weighted by Gasteiger charge is -2.29. The fourth-order valence-electron chi connectivity index (χ4n) is 4.73. The molecule has 0 amide bonds. The average molecular weight is 415 g/mol. The Balaban J connectivity index is 1.50. The molecule has 2 aromatic carbocycles. The predicted octanol–water partition coefficient (Wildman–Crippen LogP) is 8.00. The van der Waals surface area contributed by atoms with E-state index in [1.807, 2.05) is 0 Å². The minimum absolute atomic E-state index is 0.0109. The zero-order valence-corrected chi connectivity index (χ0v) is 18.6. The molecule has 164 valence electrons. The normalized spacial score (nSPS) is 19.1. The maximum absolute atomic E-state index is 14.3. The number of unbranched alkanes of at least 4 members (excludes halogenated alkanes) is 2. The molecule has 0 N–H and O–H groups in total. The topological polar surface area (TPSA) is 9.23 Å². The Morgan fingerprint density at radius 1 is 0.833 bits per heavy atom. The van der Waals surface area contributed by atoms with Crippen molar-refractivity contribution >= 4 is 0 Å².